The van der Waals surface area contributed by atoms with Crippen LogP contribution in [0.2, 0.25) is 0 Å². The van der Waals surface area contributed by atoms with E-state index < -0.39 is 0 Å². The van der Waals surface area contributed by atoms with Gasteiger partial charge >= 0.3 is 0 Å². The van der Waals surface area contributed by atoms with E-state index in [4.69, 9.17) is 0 Å². The standard InChI is InChI=1S/C10H20O2/c1-6(2)8-4-5-9(7(3)11)10(8)12/h6-12H,4-5H2,1-3H3. The fraction of sp³-hybridized carbons (Fsp3) is 1.00. The summed E-state index contributed by atoms with van der Waals surface area (Å²) < 4.78 is 0. The highest BCUT2D eigenvalue weighted by Crippen LogP contribution is 2.37. The molecule has 1 fully saturated rings. The largest absolute Gasteiger partial charge is 0.393 e. The monoisotopic (exact) mass is 172 g/mol. The number of rotatable bonds is 2. The number of hydrogen-bond acceptors (Lipinski definition) is 2. The first-order valence-corrected chi connectivity index (χ1v) is 4.90. The second kappa shape index (κ2) is 3.75. The molecule has 2 nitrogen and oxygen atoms in total. The summed E-state index contributed by atoms with van der Waals surface area (Å²) in [5.74, 6) is 1.03. The van der Waals surface area contributed by atoms with Gasteiger partial charge in [-0.1, -0.05) is 13.8 Å². The van der Waals surface area contributed by atoms with Crippen molar-refractivity contribution in [2.45, 2.75) is 45.8 Å². The minimum absolute atomic E-state index is 0.109. The summed E-state index contributed by atoms with van der Waals surface area (Å²) >= 11 is 0. The van der Waals surface area contributed by atoms with Gasteiger partial charge in [0.2, 0.25) is 0 Å². The smallest absolute Gasteiger partial charge is 0.0623 e. The maximum absolute atomic E-state index is 9.83. The van der Waals surface area contributed by atoms with Gasteiger partial charge < -0.3 is 10.2 Å². The molecule has 0 spiro atoms. The summed E-state index contributed by atoms with van der Waals surface area (Å²) in [4.78, 5) is 0. The van der Waals surface area contributed by atoms with Crippen LogP contribution in [0.1, 0.15) is 33.6 Å². The van der Waals surface area contributed by atoms with Crippen molar-refractivity contribution in [3.05, 3.63) is 0 Å². The van der Waals surface area contributed by atoms with E-state index in [9.17, 15) is 10.2 Å². The molecule has 4 atom stereocenters. The molecule has 1 rings (SSSR count). The average Bonchev–Trinajstić information content (AvgIpc) is 2.30. The van der Waals surface area contributed by atoms with Crippen LogP contribution in [0.4, 0.5) is 0 Å². The molecular formula is C10H20O2. The lowest BCUT2D eigenvalue weighted by Gasteiger charge is -2.23. The highest BCUT2D eigenvalue weighted by atomic mass is 16.3. The third kappa shape index (κ3) is 1.80. The van der Waals surface area contributed by atoms with E-state index in [1.807, 2.05) is 0 Å². The van der Waals surface area contributed by atoms with Crippen molar-refractivity contribution < 1.29 is 10.2 Å². The third-order valence-corrected chi connectivity index (χ3v) is 3.19. The molecular weight excluding hydrogens is 152 g/mol. The van der Waals surface area contributed by atoms with Crippen LogP contribution in [0.5, 0.6) is 0 Å². The SMILES string of the molecule is CC(C)C1CCC(C(C)O)C1O. The van der Waals surface area contributed by atoms with Crippen molar-refractivity contribution in [3.8, 4) is 0 Å². The van der Waals surface area contributed by atoms with Crippen molar-refractivity contribution in [3.63, 3.8) is 0 Å². The number of hydrogen-bond donors (Lipinski definition) is 2. The molecule has 0 aromatic carbocycles. The van der Waals surface area contributed by atoms with Gasteiger partial charge in [-0.15, -0.1) is 0 Å². The summed E-state index contributed by atoms with van der Waals surface area (Å²) in [6.45, 7) is 6.05. The van der Waals surface area contributed by atoms with Crippen LogP contribution in [0.3, 0.4) is 0 Å². The zero-order valence-corrected chi connectivity index (χ0v) is 8.20. The van der Waals surface area contributed by atoms with Crippen LogP contribution in [0.15, 0.2) is 0 Å². The molecule has 1 aliphatic rings. The maximum atomic E-state index is 9.83. The molecule has 72 valence electrons. The van der Waals surface area contributed by atoms with Crippen molar-refractivity contribution >= 4 is 0 Å². The lowest BCUT2D eigenvalue weighted by Crippen LogP contribution is -2.30. The molecule has 0 aromatic heterocycles. The quantitative estimate of drug-likeness (QED) is 0.661. The van der Waals surface area contributed by atoms with E-state index in [0.29, 0.717) is 11.8 Å². The summed E-state index contributed by atoms with van der Waals surface area (Å²) in [5, 5.41) is 19.2. The van der Waals surface area contributed by atoms with Gasteiger partial charge in [0.1, 0.15) is 0 Å². The Morgan fingerprint density at radius 2 is 1.58 bits per heavy atom. The molecule has 1 saturated carbocycles. The second-order valence-electron chi connectivity index (χ2n) is 4.38. The molecule has 0 aromatic rings. The van der Waals surface area contributed by atoms with E-state index in [2.05, 4.69) is 13.8 Å². The van der Waals surface area contributed by atoms with E-state index in [0.717, 1.165) is 12.8 Å². The van der Waals surface area contributed by atoms with Crippen LogP contribution in [-0.4, -0.2) is 22.4 Å². The minimum atomic E-state index is -0.358. The summed E-state index contributed by atoms with van der Waals surface area (Å²) in [6.07, 6.45) is 1.39. The van der Waals surface area contributed by atoms with Gasteiger partial charge in [0.05, 0.1) is 12.2 Å². The Hall–Kier alpha value is -0.0800. The van der Waals surface area contributed by atoms with Crippen molar-refractivity contribution in [1.82, 2.24) is 0 Å². The molecule has 0 aliphatic heterocycles. The molecule has 2 N–H and O–H groups in total. The molecule has 0 amide bonds. The lowest BCUT2D eigenvalue weighted by molar-refractivity contribution is 0.0127. The Morgan fingerprint density at radius 3 is 1.83 bits per heavy atom. The minimum Gasteiger partial charge on any atom is -0.393 e. The highest BCUT2D eigenvalue weighted by molar-refractivity contribution is 4.88. The van der Waals surface area contributed by atoms with Crippen LogP contribution < -0.4 is 0 Å². The Balaban J connectivity index is 2.55. The molecule has 0 bridgehead atoms. The Bertz CT molecular complexity index is 127. The van der Waals surface area contributed by atoms with Gasteiger partial charge in [-0.25, -0.2) is 0 Å². The normalized spacial score (nSPS) is 39.0. The molecule has 1 aliphatic carbocycles. The fourth-order valence-electron chi connectivity index (χ4n) is 2.30. The van der Waals surface area contributed by atoms with E-state index in [1.165, 1.54) is 0 Å². The molecule has 0 radical (unpaired) electrons. The molecule has 4 unspecified atom stereocenters. The van der Waals surface area contributed by atoms with Gasteiger partial charge in [-0.3, -0.25) is 0 Å². The van der Waals surface area contributed by atoms with Gasteiger partial charge in [0.25, 0.3) is 0 Å². The zero-order chi connectivity index (χ0) is 9.30. The first-order chi connectivity index (χ1) is 5.54. The number of aliphatic hydroxyl groups excluding tert-OH is 2. The number of aliphatic hydroxyl groups is 2. The second-order valence-corrected chi connectivity index (χ2v) is 4.38. The predicted molar refractivity (Wildman–Crippen MR) is 48.7 cm³/mol. The predicted octanol–water partition coefficient (Wildman–Crippen LogP) is 1.41. The van der Waals surface area contributed by atoms with Crippen molar-refractivity contribution in [2.24, 2.45) is 17.8 Å². The summed E-state index contributed by atoms with van der Waals surface area (Å²) in [6, 6.07) is 0. The first kappa shape index (κ1) is 10.0. The zero-order valence-electron chi connectivity index (χ0n) is 8.20. The third-order valence-electron chi connectivity index (χ3n) is 3.19. The average molecular weight is 172 g/mol. The van der Waals surface area contributed by atoms with Gasteiger partial charge in [0.15, 0.2) is 0 Å². The molecule has 12 heavy (non-hydrogen) atoms. The fourth-order valence-corrected chi connectivity index (χ4v) is 2.30. The van der Waals surface area contributed by atoms with Gasteiger partial charge in [-0.2, -0.15) is 0 Å². The van der Waals surface area contributed by atoms with Crippen LogP contribution in [0.25, 0.3) is 0 Å². The van der Waals surface area contributed by atoms with Crippen LogP contribution in [0, 0.1) is 17.8 Å². The topological polar surface area (TPSA) is 40.5 Å². The van der Waals surface area contributed by atoms with Gasteiger partial charge in [-0.05, 0) is 31.6 Å². The van der Waals surface area contributed by atoms with E-state index in [-0.39, 0.29) is 18.1 Å². The molecule has 0 saturated heterocycles. The van der Waals surface area contributed by atoms with Crippen molar-refractivity contribution in [2.75, 3.05) is 0 Å². The van der Waals surface area contributed by atoms with Crippen LogP contribution >= 0.6 is 0 Å². The Kier molecular flexibility index (Phi) is 3.13. The summed E-state index contributed by atoms with van der Waals surface area (Å²) in [5.41, 5.74) is 0. The Morgan fingerprint density at radius 1 is 1.08 bits per heavy atom. The molecule has 2 heteroatoms. The maximum Gasteiger partial charge on any atom is 0.0623 e. The van der Waals surface area contributed by atoms with Gasteiger partial charge in [0, 0.05) is 5.92 Å². The van der Waals surface area contributed by atoms with Crippen molar-refractivity contribution in [1.29, 1.82) is 0 Å². The summed E-state index contributed by atoms with van der Waals surface area (Å²) in [7, 11) is 0. The molecule has 0 heterocycles. The van der Waals surface area contributed by atoms with E-state index >= 15 is 0 Å². The Labute approximate surface area is 74.6 Å². The van der Waals surface area contributed by atoms with E-state index in [1.54, 1.807) is 6.92 Å². The van der Waals surface area contributed by atoms with Crippen LogP contribution in [-0.2, 0) is 0 Å². The lowest BCUT2D eigenvalue weighted by atomic mass is 9.89. The first-order valence-electron chi connectivity index (χ1n) is 4.90. The highest BCUT2D eigenvalue weighted by Gasteiger charge is 2.38.